The van der Waals surface area contributed by atoms with Crippen LogP contribution in [-0.2, 0) is 0 Å². The van der Waals surface area contributed by atoms with E-state index in [-0.39, 0.29) is 5.56 Å². The second-order valence-electron chi connectivity index (χ2n) is 6.66. The number of carboxylic acids is 1. The minimum atomic E-state index is -1.20. The SMILES string of the molecule is Cc1c(-c2cccc(C#N)c2)ccn2c(=O)c(C(=O)O)cc(C3CC3)c12. The maximum atomic E-state index is 12.6. The van der Waals surface area contributed by atoms with Crippen LogP contribution in [0.1, 0.15) is 45.8 Å². The van der Waals surface area contributed by atoms with Gasteiger partial charge in [-0.3, -0.25) is 9.20 Å². The van der Waals surface area contributed by atoms with Crippen LogP contribution in [0, 0.1) is 18.3 Å². The predicted octanol–water partition coefficient (Wildman–Crippen LogP) is 3.72. The summed E-state index contributed by atoms with van der Waals surface area (Å²) in [5, 5.41) is 18.5. The molecular formula is C21H16N2O3. The van der Waals surface area contributed by atoms with Crippen molar-refractivity contribution in [2.75, 3.05) is 0 Å². The van der Waals surface area contributed by atoms with E-state index in [9.17, 15) is 14.7 Å². The van der Waals surface area contributed by atoms with Gasteiger partial charge in [-0.05, 0) is 72.2 Å². The molecule has 0 aliphatic heterocycles. The van der Waals surface area contributed by atoms with Gasteiger partial charge in [0.05, 0.1) is 17.1 Å². The summed E-state index contributed by atoms with van der Waals surface area (Å²) >= 11 is 0. The van der Waals surface area contributed by atoms with Crippen LogP contribution in [0.15, 0.2) is 47.4 Å². The summed E-state index contributed by atoms with van der Waals surface area (Å²) in [6.07, 6.45) is 3.64. The molecule has 5 heteroatoms. The Labute approximate surface area is 149 Å². The first-order valence-corrected chi connectivity index (χ1v) is 8.44. The molecule has 4 rings (SSSR count). The molecule has 0 amide bonds. The number of aromatic carboxylic acids is 1. The Morgan fingerprint density at radius 3 is 2.69 bits per heavy atom. The zero-order valence-corrected chi connectivity index (χ0v) is 14.2. The van der Waals surface area contributed by atoms with E-state index in [1.165, 1.54) is 4.40 Å². The summed E-state index contributed by atoms with van der Waals surface area (Å²) in [4.78, 5) is 24.1. The molecule has 5 nitrogen and oxygen atoms in total. The van der Waals surface area contributed by atoms with Gasteiger partial charge in [0.1, 0.15) is 5.56 Å². The van der Waals surface area contributed by atoms with Crippen LogP contribution in [0.2, 0.25) is 0 Å². The minimum absolute atomic E-state index is 0.192. The Hall–Kier alpha value is -3.39. The molecule has 3 aromatic rings. The van der Waals surface area contributed by atoms with E-state index in [1.54, 1.807) is 18.3 Å². The van der Waals surface area contributed by atoms with E-state index in [0.29, 0.717) is 11.5 Å². The second-order valence-corrected chi connectivity index (χ2v) is 6.66. The Kier molecular flexibility index (Phi) is 3.62. The third kappa shape index (κ3) is 2.47. The summed E-state index contributed by atoms with van der Waals surface area (Å²) in [6, 6.07) is 12.8. The summed E-state index contributed by atoms with van der Waals surface area (Å²) < 4.78 is 1.45. The molecule has 1 N–H and O–H groups in total. The first-order valence-electron chi connectivity index (χ1n) is 8.44. The van der Waals surface area contributed by atoms with Gasteiger partial charge < -0.3 is 5.11 Å². The number of nitrogens with zero attached hydrogens (tertiary/aromatic N) is 2. The first kappa shape index (κ1) is 16.1. The van der Waals surface area contributed by atoms with E-state index in [4.69, 9.17) is 5.26 Å². The average Bonchev–Trinajstić information content (AvgIpc) is 3.47. The third-order valence-electron chi connectivity index (χ3n) is 4.96. The van der Waals surface area contributed by atoms with Crippen molar-refractivity contribution in [3.8, 4) is 17.2 Å². The van der Waals surface area contributed by atoms with Crippen molar-refractivity contribution in [2.24, 2.45) is 0 Å². The number of hydrogen-bond donors (Lipinski definition) is 1. The minimum Gasteiger partial charge on any atom is -0.477 e. The van der Waals surface area contributed by atoms with E-state index in [2.05, 4.69) is 6.07 Å². The highest BCUT2D eigenvalue weighted by molar-refractivity contribution is 5.89. The number of hydrogen-bond acceptors (Lipinski definition) is 3. The van der Waals surface area contributed by atoms with Crippen LogP contribution in [0.3, 0.4) is 0 Å². The molecule has 0 atom stereocenters. The normalized spacial score (nSPS) is 13.5. The van der Waals surface area contributed by atoms with Gasteiger partial charge in [0, 0.05) is 6.20 Å². The van der Waals surface area contributed by atoms with Crippen LogP contribution in [0.25, 0.3) is 16.6 Å². The van der Waals surface area contributed by atoms with Gasteiger partial charge in [-0.2, -0.15) is 5.26 Å². The number of benzene rings is 1. The highest BCUT2D eigenvalue weighted by Crippen LogP contribution is 2.43. The molecule has 1 aromatic carbocycles. The molecule has 128 valence electrons. The van der Waals surface area contributed by atoms with Crippen LogP contribution in [-0.4, -0.2) is 15.5 Å². The first-order chi connectivity index (χ1) is 12.5. The van der Waals surface area contributed by atoms with Crippen LogP contribution >= 0.6 is 0 Å². The molecule has 1 aliphatic rings. The number of fused-ring (bicyclic) bond motifs is 1. The molecule has 0 radical (unpaired) electrons. The van der Waals surface area contributed by atoms with E-state index in [0.717, 1.165) is 40.6 Å². The Morgan fingerprint density at radius 1 is 1.27 bits per heavy atom. The number of aromatic nitrogens is 1. The van der Waals surface area contributed by atoms with Crippen molar-refractivity contribution in [1.29, 1.82) is 5.26 Å². The molecule has 1 saturated carbocycles. The number of nitriles is 1. The monoisotopic (exact) mass is 344 g/mol. The van der Waals surface area contributed by atoms with Gasteiger partial charge in [0.2, 0.25) is 0 Å². The maximum absolute atomic E-state index is 12.6. The lowest BCUT2D eigenvalue weighted by atomic mass is 9.96. The van der Waals surface area contributed by atoms with Gasteiger partial charge in [0.15, 0.2) is 0 Å². The number of carbonyl (C=O) groups is 1. The smallest absolute Gasteiger partial charge is 0.341 e. The molecule has 0 bridgehead atoms. The predicted molar refractivity (Wildman–Crippen MR) is 97.5 cm³/mol. The molecule has 2 heterocycles. The second kappa shape index (κ2) is 5.85. The summed E-state index contributed by atoms with van der Waals surface area (Å²) in [5.41, 5.74) is 4.31. The van der Waals surface area contributed by atoms with Crippen LogP contribution < -0.4 is 5.56 Å². The van der Waals surface area contributed by atoms with Gasteiger partial charge in [0.25, 0.3) is 5.56 Å². The molecular weight excluding hydrogens is 328 g/mol. The van der Waals surface area contributed by atoms with E-state index in [1.807, 2.05) is 31.2 Å². The number of carboxylic acid groups (broad SMARTS) is 1. The zero-order chi connectivity index (χ0) is 18.4. The molecule has 1 fully saturated rings. The number of pyridine rings is 2. The maximum Gasteiger partial charge on any atom is 0.341 e. The molecule has 0 unspecified atom stereocenters. The lowest BCUT2D eigenvalue weighted by Gasteiger charge is -2.15. The topological polar surface area (TPSA) is 82.6 Å². The molecule has 1 aliphatic carbocycles. The standard InChI is InChI=1S/C21H16N2O3/c1-12-16(15-4-2-3-13(9-15)11-22)7-8-23-19(12)17(14-5-6-14)10-18(20(23)24)21(25)26/h2-4,7-10,14H,5-6H2,1H3,(H,25,26). The van der Waals surface area contributed by atoms with Gasteiger partial charge in [-0.1, -0.05) is 12.1 Å². The fraction of sp³-hybridized carbons (Fsp3) is 0.190. The van der Waals surface area contributed by atoms with Crippen molar-refractivity contribution in [2.45, 2.75) is 25.7 Å². The van der Waals surface area contributed by atoms with Crippen molar-refractivity contribution in [3.05, 3.63) is 75.2 Å². The van der Waals surface area contributed by atoms with Crippen molar-refractivity contribution in [1.82, 2.24) is 4.40 Å². The lowest BCUT2D eigenvalue weighted by Crippen LogP contribution is -2.23. The Morgan fingerprint density at radius 2 is 2.04 bits per heavy atom. The molecule has 0 spiro atoms. The highest BCUT2D eigenvalue weighted by atomic mass is 16.4. The summed E-state index contributed by atoms with van der Waals surface area (Å²) in [6.45, 7) is 1.94. The fourth-order valence-electron chi connectivity index (χ4n) is 3.52. The van der Waals surface area contributed by atoms with Gasteiger partial charge in [-0.15, -0.1) is 0 Å². The van der Waals surface area contributed by atoms with Crippen LogP contribution in [0.5, 0.6) is 0 Å². The van der Waals surface area contributed by atoms with E-state index >= 15 is 0 Å². The van der Waals surface area contributed by atoms with Gasteiger partial charge >= 0.3 is 5.97 Å². The Balaban J connectivity index is 2.05. The Bertz CT molecular complexity index is 1160. The van der Waals surface area contributed by atoms with Crippen molar-refractivity contribution in [3.63, 3.8) is 0 Å². The highest BCUT2D eigenvalue weighted by Gasteiger charge is 2.29. The average molecular weight is 344 g/mol. The fourth-order valence-corrected chi connectivity index (χ4v) is 3.52. The van der Waals surface area contributed by atoms with Crippen LogP contribution in [0.4, 0.5) is 0 Å². The van der Waals surface area contributed by atoms with E-state index < -0.39 is 11.5 Å². The summed E-state index contributed by atoms with van der Waals surface area (Å²) in [7, 11) is 0. The number of aryl methyl sites for hydroxylation is 1. The van der Waals surface area contributed by atoms with Crippen molar-refractivity contribution >= 4 is 11.5 Å². The lowest BCUT2D eigenvalue weighted by molar-refractivity contribution is 0.0694. The van der Waals surface area contributed by atoms with Crippen molar-refractivity contribution < 1.29 is 9.90 Å². The molecule has 0 saturated heterocycles. The largest absolute Gasteiger partial charge is 0.477 e. The van der Waals surface area contributed by atoms with Gasteiger partial charge in [-0.25, -0.2) is 4.79 Å². The molecule has 26 heavy (non-hydrogen) atoms. The number of rotatable bonds is 3. The third-order valence-corrected chi connectivity index (χ3v) is 4.96. The quantitative estimate of drug-likeness (QED) is 0.785. The summed E-state index contributed by atoms with van der Waals surface area (Å²) in [5.74, 6) is -0.905. The molecule has 2 aromatic heterocycles. The zero-order valence-electron chi connectivity index (χ0n) is 14.2.